The summed E-state index contributed by atoms with van der Waals surface area (Å²) in [5, 5.41) is 25.4. The number of nitrogens with one attached hydrogen (secondary N) is 2. The van der Waals surface area contributed by atoms with E-state index < -0.39 is 24.1 Å². The molecule has 1 aliphatic rings. The third kappa shape index (κ3) is 7.51. The number of carbonyl (C=O) groups excluding carboxylic acids is 3. The van der Waals surface area contributed by atoms with Gasteiger partial charge in [-0.25, -0.2) is 0 Å². The van der Waals surface area contributed by atoms with E-state index in [9.17, 15) is 24.6 Å². The van der Waals surface area contributed by atoms with E-state index in [2.05, 4.69) is 15.6 Å². The number of rotatable bonds is 10. The third-order valence-electron chi connectivity index (χ3n) is 6.04. The van der Waals surface area contributed by atoms with Crippen LogP contribution in [0.3, 0.4) is 0 Å². The van der Waals surface area contributed by atoms with Crippen molar-refractivity contribution in [1.82, 2.24) is 20.5 Å². The fourth-order valence-corrected chi connectivity index (χ4v) is 4.22. The minimum Gasteiger partial charge on any atom is -0.508 e. The van der Waals surface area contributed by atoms with Gasteiger partial charge in [-0.1, -0.05) is 26.0 Å². The summed E-state index contributed by atoms with van der Waals surface area (Å²) in [6.07, 6.45) is 3.66. The topological polar surface area (TPSA) is 132 Å². The van der Waals surface area contributed by atoms with E-state index in [4.69, 9.17) is 0 Å². The van der Waals surface area contributed by atoms with Crippen molar-refractivity contribution in [3.8, 4) is 5.75 Å². The molecule has 3 amide bonds. The number of carbonyl (C=O) groups is 3. The van der Waals surface area contributed by atoms with Crippen molar-refractivity contribution in [3.63, 3.8) is 0 Å². The Labute approximate surface area is 205 Å². The van der Waals surface area contributed by atoms with E-state index in [1.165, 1.54) is 12.1 Å². The lowest BCUT2D eigenvalue weighted by molar-refractivity contribution is -0.143. The van der Waals surface area contributed by atoms with Crippen LogP contribution >= 0.6 is 0 Å². The average molecular weight is 483 g/mol. The van der Waals surface area contributed by atoms with Crippen LogP contribution in [0.25, 0.3) is 0 Å². The van der Waals surface area contributed by atoms with Crippen LogP contribution in [0, 0.1) is 5.92 Å². The van der Waals surface area contributed by atoms with Crippen LogP contribution in [0.5, 0.6) is 5.75 Å². The summed E-state index contributed by atoms with van der Waals surface area (Å²) in [6, 6.07) is 8.41. The Bertz CT molecular complexity index is 997. The van der Waals surface area contributed by atoms with Gasteiger partial charge < -0.3 is 25.7 Å². The number of nitrogens with zero attached hydrogens (tertiary/aromatic N) is 2. The number of aromatic hydroxyl groups is 1. The number of amides is 3. The fourth-order valence-electron chi connectivity index (χ4n) is 4.22. The van der Waals surface area contributed by atoms with E-state index in [-0.39, 0.29) is 29.9 Å². The number of hydrogen-bond acceptors (Lipinski definition) is 6. The molecule has 1 saturated heterocycles. The number of phenolic OH excluding ortho intramolecular Hbond substituents is 1. The zero-order chi connectivity index (χ0) is 25.4. The first-order valence-corrected chi connectivity index (χ1v) is 12.0. The van der Waals surface area contributed by atoms with Crippen molar-refractivity contribution < 1.29 is 24.6 Å². The highest BCUT2D eigenvalue weighted by Crippen LogP contribution is 2.21. The second-order valence-corrected chi connectivity index (χ2v) is 9.34. The monoisotopic (exact) mass is 482 g/mol. The molecule has 0 spiro atoms. The smallest absolute Gasteiger partial charge is 0.249 e. The maximum absolute atomic E-state index is 13.4. The lowest BCUT2D eigenvalue weighted by Gasteiger charge is -2.30. The van der Waals surface area contributed by atoms with E-state index in [0.29, 0.717) is 37.9 Å². The van der Waals surface area contributed by atoms with Gasteiger partial charge in [0.05, 0.1) is 0 Å². The van der Waals surface area contributed by atoms with Gasteiger partial charge in [-0.15, -0.1) is 0 Å². The molecule has 35 heavy (non-hydrogen) atoms. The van der Waals surface area contributed by atoms with Crippen molar-refractivity contribution in [3.05, 3.63) is 59.9 Å². The SMILES string of the molecule is CC(C)C[C@@H](NC(=O)[C@H](O)Cc1ccc(O)cc1)C(=O)N1CCC[C@H]1C(=O)NCc1ccncc1. The summed E-state index contributed by atoms with van der Waals surface area (Å²) in [4.78, 5) is 44.5. The second-order valence-electron chi connectivity index (χ2n) is 9.34. The zero-order valence-electron chi connectivity index (χ0n) is 20.2. The Morgan fingerprint density at radius 1 is 1.09 bits per heavy atom. The number of phenols is 1. The zero-order valence-corrected chi connectivity index (χ0v) is 20.2. The van der Waals surface area contributed by atoms with Gasteiger partial charge in [0, 0.05) is 31.9 Å². The van der Waals surface area contributed by atoms with Crippen LogP contribution < -0.4 is 10.6 Å². The molecular formula is C26H34N4O5. The molecule has 1 aromatic carbocycles. The van der Waals surface area contributed by atoms with E-state index in [0.717, 1.165) is 5.56 Å². The van der Waals surface area contributed by atoms with Crippen molar-refractivity contribution in [2.75, 3.05) is 6.54 Å². The van der Waals surface area contributed by atoms with Crippen LogP contribution in [0.1, 0.15) is 44.2 Å². The first kappa shape index (κ1) is 26.2. The summed E-state index contributed by atoms with van der Waals surface area (Å²) < 4.78 is 0. The van der Waals surface area contributed by atoms with Crippen molar-refractivity contribution in [1.29, 1.82) is 0 Å². The molecule has 0 aliphatic carbocycles. The van der Waals surface area contributed by atoms with Gasteiger partial charge in [0.15, 0.2) is 0 Å². The minimum atomic E-state index is -1.35. The molecule has 1 aromatic heterocycles. The second kappa shape index (κ2) is 12.3. The maximum atomic E-state index is 13.4. The molecule has 188 valence electrons. The van der Waals surface area contributed by atoms with Gasteiger partial charge in [-0.2, -0.15) is 0 Å². The summed E-state index contributed by atoms with van der Waals surface area (Å²) >= 11 is 0. The van der Waals surface area contributed by atoms with Crippen molar-refractivity contribution in [2.24, 2.45) is 5.92 Å². The predicted octanol–water partition coefficient (Wildman–Crippen LogP) is 1.53. The molecular weight excluding hydrogens is 448 g/mol. The summed E-state index contributed by atoms with van der Waals surface area (Å²) in [6.45, 7) is 4.67. The molecule has 0 bridgehead atoms. The average Bonchev–Trinajstić information content (AvgIpc) is 3.33. The third-order valence-corrected chi connectivity index (χ3v) is 6.04. The van der Waals surface area contributed by atoms with Crippen molar-refractivity contribution >= 4 is 17.7 Å². The number of pyridine rings is 1. The Morgan fingerprint density at radius 3 is 2.43 bits per heavy atom. The van der Waals surface area contributed by atoms with Crippen LogP contribution in [0.15, 0.2) is 48.8 Å². The molecule has 9 heteroatoms. The quantitative estimate of drug-likeness (QED) is 0.406. The molecule has 1 aliphatic heterocycles. The molecule has 1 fully saturated rings. The maximum Gasteiger partial charge on any atom is 0.249 e. The molecule has 2 heterocycles. The van der Waals surface area contributed by atoms with E-state index >= 15 is 0 Å². The van der Waals surface area contributed by atoms with Crippen LogP contribution in [-0.2, 0) is 27.3 Å². The highest BCUT2D eigenvalue weighted by molar-refractivity contribution is 5.93. The first-order chi connectivity index (χ1) is 16.7. The molecule has 3 atom stereocenters. The molecule has 3 rings (SSSR count). The number of aliphatic hydroxyl groups excluding tert-OH is 1. The fraction of sp³-hybridized carbons (Fsp3) is 0.462. The molecule has 4 N–H and O–H groups in total. The molecule has 0 radical (unpaired) electrons. The Kier molecular flexibility index (Phi) is 9.19. The van der Waals surface area contributed by atoms with Gasteiger partial charge in [0.2, 0.25) is 17.7 Å². The highest BCUT2D eigenvalue weighted by Gasteiger charge is 2.38. The van der Waals surface area contributed by atoms with Gasteiger partial charge in [-0.05, 0) is 60.6 Å². The number of likely N-dealkylation sites (tertiary alicyclic amines) is 1. The number of aliphatic hydroxyl groups is 1. The van der Waals surface area contributed by atoms with Gasteiger partial charge >= 0.3 is 0 Å². The largest absolute Gasteiger partial charge is 0.508 e. The summed E-state index contributed by atoms with van der Waals surface area (Å²) in [5.74, 6) is -0.976. The van der Waals surface area contributed by atoms with Crippen LogP contribution in [0.2, 0.25) is 0 Å². The summed E-state index contributed by atoms with van der Waals surface area (Å²) in [7, 11) is 0. The Morgan fingerprint density at radius 2 is 1.77 bits per heavy atom. The number of aromatic nitrogens is 1. The normalized spacial score (nSPS) is 17.1. The Balaban J connectivity index is 1.63. The predicted molar refractivity (Wildman–Crippen MR) is 130 cm³/mol. The first-order valence-electron chi connectivity index (χ1n) is 12.0. The number of benzene rings is 1. The summed E-state index contributed by atoms with van der Waals surface area (Å²) in [5.41, 5.74) is 1.60. The van der Waals surface area contributed by atoms with Gasteiger partial charge in [0.1, 0.15) is 23.9 Å². The molecule has 0 unspecified atom stereocenters. The molecule has 0 saturated carbocycles. The molecule has 9 nitrogen and oxygen atoms in total. The van der Waals surface area contributed by atoms with E-state index in [1.54, 1.807) is 29.4 Å². The van der Waals surface area contributed by atoms with Gasteiger partial charge in [0.25, 0.3) is 0 Å². The Hall–Kier alpha value is -3.46. The highest BCUT2D eigenvalue weighted by atomic mass is 16.3. The van der Waals surface area contributed by atoms with Crippen LogP contribution in [-0.4, -0.2) is 62.6 Å². The lowest BCUT2D eigenvalue weighted by atomic mass is 10.0. The lowest BCUT2D eigenvalue weighted by Crippen LogP contribution is -2.55. The van der Waals surface area contributed by atoms with Gasteiger partial charge in [-0.3, -0.25) is 19.4 Å². The molecule has 2 aromatic rings. The van der Waals surface area contributed by atoms with Crippen LogP contribution in [0.4, 0.5) is 0 Å². The standard InChI is InChI=1S/C26H34N4O5/c1-17(2)14-21(29-25(34)23(32)15-18-5-7-20(31)8-6-18)26(35)30-13-3-4-22(30)24(33)28-16-19-9-11-27-12-10-19/h5-12,17,21-23,31-32H,3-4,13-16H2,1-2H3,(H,28,33)(H,29,34)/t21-,22+,23-/m1/s1. The van der Waals surface area contributed by atoms with Crippen molar-refractivity contribution in [2.45, 2.75) is 64.3 Å². The van der Waals surface area contributed by atoms with E-state index in [1.807, 2.05) is 26.0 Å². The number of hydrogen-bond donors (Lipinski definition) is 4. The minimum absolute atomic E-state index is 0.0540.